The molecule has 39 heavy (non-hydrogen) atoms. The monoisotopic (exact) mass is 553 g/mol. The second kappa shape index (κ2) is 26.8. The third-order valence-corrected chi connectivity index (χ3v) is 7.90. The fraction of sp³-hybridized carbons (Fsp3) is 0.909. The highest BCUT2D eigenvalue weighted by Gasteiger charge is 2.37. The number of aliphatic carboxylic acids is 1. The first-order valence-electron chi connectivity index (χ1n) is 16.5. The summed E-state index contributed by atoms with van der Waals surface area (Å²) in [7, 11) is 0. The maximum atomic E-state index is 13.3. The van der Waals surface area contributed by atoms with Gasteiger partial charge in [-0.3, -0.25) is 9.59 Å². The number of aldehydes is 1. The van der Waals surface area contributed by atoms with Gasteiger partial charge in [-0.15, -0.1) is 0 Å². The van der Waals surface area contributed by atoms with Crippen molar-refractivity contribution in [1.29, 1.82) is 0 Å². The minimum Gasteiger partial charge on any atom is -0.481 e. The molecule has 0 radical (unpaired) electrons. The molecular weight excluding hydrogens is 490 g/mol. The molecule has 2 atom stereocenters. The summed E-state index contributed by atoms with van der Waals surface area (Å²) >= 11 is 0. The van der Waals surface area contributed by atoms with E-state index in [0.717, 1.165) is 96.4 Å². The number of hydrogen-bond donors (Lipinski definition) is 2. The zero-order valence-corrected chi connectivity index (χ0v) is 25.9. The van der Waals surface area contributed by atoms with Crippen LogP contribution in [0.3, 0.4) is 0 Å². The van der Waals surface area contributed by atoms with Gasteiger partial charge in [-0.1, -0.05) is 123 Å². The molecule has 0 heterocycles. The van der Waals surface area contributed by atoms with Gasteiger partial charge in [0.05, 0.1) is 6.10 Å². The van der Waals surface area contributed by atoms with E-state index < -0.39 is 11.4 Å². The number of carboxylic acid groups (broad SMARTS) is 1. The molecule has 0 saturated carbocycles. The Morgan fingerprint density at radius 1 is 0.744 bits per heavy atom. The van der Waals surface area contributed by atoms with Crippen LogP contribution in [0.15, 0.2) is 0 Å². The molecule has 0 aromatic rings. The Morgan fingerprint density at radius 3 is 1.67 bits per heavy atom. The standard InChI is InChI=1S/C33H63NO5/c1-4-6-8-9-10-12-15-18-21-25-33(29-35,32(38)34-27-24-30(3)39-28-7-5-2)26-22-19-16-13-11-14-17-20-23-31(36)37/h29-30H,4-28H2,1-3H3,(H,34,38)(H,36,37). The molecule has 0 fully saturated rings. The molecule has 2 unspecified atom stereocenters. The molecule has 0 rings (SSSR count). The molecule has 0 aromatic heterocycles. The maximum Gasteiger partial charge on any atom is 0.303 e. The molecule has 0 aliphatic rings. The lowest BCUT2D eigenvalue weighted by Gasteiger charge is -2.27. The zero-order valence-electron chi connectivity index (χ0n) is 25.9. The van der Waals surface area contributed by atoms with Crippen molar-refractivity contribution in [2.24, 2.45) is 5.41 Å². The molecule has 6 heteroatoms. The Morgan fingerprint density at radius 2 is 1.21 bits per heavy atom. The van der Waals surface area contributed by atoms with E-state index in [1.807, 2.05) is 6.92 Å². The van der Waals surface area contributed by atoms with Gasteiger partial charge in [0.15, 0.2) is 0 Å². The number of ether oxygens (including phenoxy) is 1. The first-order valence-corrected chi connectivity index (χ1v) is 16.5. The van der Waals surface area contributed by atoms with Crippen molar-refractivity contribution >= 4 is 18.2 Å². The lowest BCUT2D eigenvalue weighted by atomic mass is 9.78. The summed E-state index contributed by atoms with van der Waals surface area (Å²) in [6.07, 6.45) is 24.5. The highest BCUT2D eigenvalue weighted by Crippen LogP contribution is 2.31. The van der Waals surface area contributed by atoms with Crippen LogP contribution in [0.5, 0.6) is 0 Å². The van der Waals surface area contributed by atoms with Gasteiger partial charge >= 0.3 is 5.97 Å². The van der Waals surface area contributed by atoms with Crippen LogP contribution in [0.2, 0.25) is 0 Å². The summed E-state index contributed by atoms with van der Waals surface area (Å²) < 4.78 is 5.81. The molecule has 0 spiro atoms. The van der Waals surface area contributed by atoms with E-state index in [1.165, 1.54) is 44.9 Å². The van der Waals surface area contributed by atoms with Gasteiger partial charge in [-0.2, -0.15) is 0 Å². The molecule has 0 aromatic carbocycles. The highest BCUT2D eigenvalue weighted by atomic mass is 16.5. The number of amides is 1. The smallest absolute Gasteiger partial charge is 0.303 e. The molecule has 0 bridgehead atoms. The van der Waals surface area contributed by atoms with Crippen molar-refractivity contribution < 1.29 is 24.2 Å². The fourth-order valence-electron chi connectivity index (χ4n) is 5.13. The number of nitrogens with one attached hydrogen (secondary N) is 1. The summed E-state index contributed by atoms with van der Waals surface area (Å²) in [5.74, 6) is -0.814. The van der Waals surface area contributed by atoms with E-state index in [1.54, 1.807) is 0 Å². The van der Waals surface area contributed by atoms with Crippen LogP contribution in [0, 0.1) is 5.41 Å². The third-order valence-electron chi connectivity index (χ3n) is 7.90. The van der Waals surface area contributed by atoms with E-state index in [9.17, 15) is 14.4 Å². The first kappa shape index (κ1) is 37.6. The van der Waals surface area contributed by atoms with Crippen LogP contribution in [0.1, 0.15) is 168 Å². The number of carbonyl (C=O) groups excluding carboxylic acids is 2. The van der Waals surface area contributed by atoms with Crippen LogP contribution < -0.4 is 5.32 Å². The molecule has 1 amide bonds. The van der Waals surface area contributed by atoms with Crippen molar-refractivity contribution in [3.05, 3.63) is 0 Å². The summed E-state index contributed by atoms with van der Waals surface area (Å²) in [4.78, 5) is 36.3. The maximum absolute atomic E-state index is 13.3. The van der Waals surface area contributed by atoms with E-state index in [-0.39, 0.29) is 18.4 Å². The summed E-state index contributed by atoms with van der Waals surface area (Å²) in [5, 5.41) is 11.8. The second-order valence-electron chi connectivity index (χ2n) is 11.7. The molecule has 230 valence electrons. The largest absolute Gasteiger partial charge is 0.481 e. The minimum atomic E-state index is -0.912. The Kier molecular flexibility index (Phi) is 25.8. The Bertz CT molecular complexity index is 597. The van der Waals surface area contributed by atoms with Crippen molar-refractivity contribution in [1.82, 2.24) is 5.32 Å². The van der Waals surface area contributed by atoms with Gasteiger partial charge in [-0.25, -0.2) is 0 Å². The number of carboxylic acids is 1. The second-order valence-corrected chi connectivity index (χ2v) is 11.7. The van der Waals surface area contributed by atoms with Crippen molar-refractivity contribution in [3.8, 4) is 0 Å². The number of carbonyl (C=O) groups is 3. The van der Waals surface area contributed by atoms with E-state index in [4.69, 9.17) is 9.84 Å². The first-order chi connectivity index (χ1) is 18.9. The quantitative estimate of drug-likeness (QED) is 0.0527. The lowest BCUT2D eigenvalue weighted by Crippen LogP contribution is -2.43. The number of hydrogen-bond acceptors (Lipinski definition) is 4. The average molecular weight is 554 g/mol. The highest BCUT2D eigenvalue weighted by molar-refractivity contribution is 5.96. The van der Waals surface area contributed by atoms with Gasteiger partial charge in [-0.05, 0) is 39.0 Å². The van der Waals surface area contributed by atoms with Crippen molar-refractivity contribution in [3.63, 3.8) is 0 Å². The Labute approximate surface area is 240 Å². The van der Waals surface area contributed by atoms with Gasteiger partial charge in [0.1, 0.15) is 11.7 Å². The molecule has 0 aliphatic carbocycles. The van der Waals surface area contributed by atoms with E-state index >= 15 is 0 Å². The van der Waals surface area contributed by atoms with Crippen LogP contribution in [0.25, 0.3) is 0 Å². The van der Waals surface area contributed by atoms with Crippen LogP contribution in [-0.4, -0.2) is 42.5 Å². The molecule has 0 saturated heterocycles. The predicted molar refractivity (Wildman–Crippen MR) is 162 cm³/mol. The molecular formula is C33H63NO5. The molecule has 2 N–H and O–H groups in total. The summed E-state index contributed by atoms with van der Waals surface area (Å²) in [6.45, 7) is 7.73. The topological polar surface area (TPSA) is 92.7 Å². The van der Waals surface area contributed by atoms with Gasteiger partial charge in [0.25, 0.3) is 0 Å². The van der Waals surface area contributed by atoms with Crippen molar-refractivity contribution in [2.45, 2.75) is 175 Å². The SMILES string of the molecule is CCCCCCCCCCCC(C=O)(CCCCCCCCCCC(=O)O)C(=O)NCCC(C)OCCCC. The van der Waals surface area contributed by atoms with Crippen LogP contribution in [-0.2, 0) is 19.1 Å². The van der Waals surface area contributed by atoms with Crippen molar-refractivity contribution in [2.75, 3.05) is 13.2 Å². The molecule has 0 aliphatic heterocycles. The fourth-order valence-corrected chi connectivity index (χ4v) is 5.13. The van der Waals surface area contributed by atoms with Crippen LogP contribution >= 0.6 is 0 Å². The van der Waals surface area contributed by atoms with Gasteiger partial charge < -0.3 is 20.0 Å². The third kappa shape index (κ3) is 22.0. The molecule has 6 nitrogen and oxygen atoms in total. The predicted octanol–water partition coefficient (Wildman–Crippen LogP) is 8.79. The Balaban J connectivity index is 4.54. The normalized spacial score (nSPS) is 13.6. The number of unbranched alkanes of at least 4 members (excludes halogenated alkanes) is 16. The van der Waals surface area contributed by atoms with E-state index in [0.29, 0.717) is 19.4 Å². The minimum absolute atomic E-state index is 0.101. The summed E-state index contributed by atoms with van der Waals surface area (Å²) in [5.41, 5.74) is -0.912. The summed E-state index contributed by atoms with van der Waals surface area (Å²) in [6, 6.07) is 0. The van der Waals surface area contributed by atoms with E-state index in [2.05, 4.69) is 19.2 Å². The zero-order chi connectivity index (χ0) is 29.0. The van der Waals surface area contributed by atoms with Gasteiger partial charge in [0, 0.05) is 19.6 Å². The van der Waals surface area contributed by atoms with Gasteiger partial charge in [0.2, 0.25) is 5.91 Å². The van der Waals surface area contributed by atoms with Crippen LogP contribution in [0.4, 0.5) is 0 Å². The number of rotatable bonds is 30. The lowest BCUT2D eigenvalue weighted by molar-refractivity contribution is -0.138. The Hall–Kier alpha value is -1.43. The average Bonchev–Trinajstić information content (AvgIpc) is 2.92.